The van der Waals surface area contributed by atoms with Crippen molar-refractivity contribution in [1.82, 2.24) is 5.32 Å². The van der Waals surface area contributed by atoms with Crippen LogP contribution in [0.5, 0.6) is 5.75 Å². The zero-order valence-corrected chi connectivity index (χ0v) is 11.6. The van der Waals surface area contributed by atoms with Crippen molar-refractivity contribution >= 4 is 9.84 Å². The molecule has 2 rings (SSSR count). The fourth-order valence-electron chi connectivity index (χ4n) is 2.37. The summed E-state index contributed by atoms with van der Waals surface area (Å²) in [4.78, 5) is 0. The number of nitrogens with one attached hydrogen (secondary N) is 1. The summed E-state index contributed by atoms with van der Waals surface area (Å²) in [6.45, 7) is 1.83. The molecule has 6 heteroatoms. The minimum atomic E-state index is -2.88. The van der Waals surface area contributed by atoms with Gasteiger partial charge < -0.3 is 10.4 Å². The van der Waals surface area contributed by atoms with E-state index in [9.17, 15) is 17.9 Å². The quantitative estimate of drug-likeness (QED) is 0.889. The Morgan fingerprint density at radius 3 is 2.58 bits per heavy atom. The van der Waals surface area contributed by atoms with Gasteiger partial charge in [0.2, 0.25) is 0 Å². The molecule has 0 radical (unpaired) electrons. The van der Waals surface area contributed by atoms with Crippen molar-refractivity contribution in [1.29, 1.82) is 0 Å². The van der Waals surface area contributed by atoms with Crippen LogP contribution in [0, 0.1) is 5.82 Å². The number of aromatic hydroxyl groups is 1. The second-order valence-electron chi connectivity index (χ2n) is 5.02. The standard InChI is InChI=1S/C13H18FNO3S/c1-9(12-3-2-11(16)8-13(12)14)15-10-4-6-19(17,18)7-5-10/h2-3,8-10,15-16H,4-7H2,1H3. The highest BCUT2D eigenvalue weighted by molar-refractivity contribution is 7.91. The Bertz CT molecular complexity index is 545. The number of hydrogen-bond acceptors (Lipinski definition) is 4. The van der Waals surface area contributed by atoms with Gasteiger partial charge in [0.05, 0.1) is 11.5 Å². The van der Waals surface area contributed by atoms with Gasteiger partial charge in [-0.15, -0.1) is 0 Å². The lowest BCUT2D eigenvalue weighted by atomic mass is 10.0. The molecule has 1 unspecified atom stereocenters. The first kappa shape index (κ1) is 14.3. The summed E-state index contributed by atoms with van der Waals surface area (Å²) in [5.74, 6) is -0.175. The minimum Gasteiger partial charge on any atom is -0.508 e. The molecule has 1 aromatic carbocycles. The van der Waals surface area contributed by atoms with Gasteiger partial charge >= 0.3 is 0 Å². The number of halogens is 1. The molecule has 1 aliphatic heterocycles. The van der Waals surface area contributed by atoms with E-state index in [1.807, 2.05) is 6.92 Å². The summed E-state index contributed by atoms with van der Waals surface area (Å²) in [6, 6.07) is 3.95. The van der Waals surface area contributed by atoms with Crippen molar-refractivity contribution in [2.45, 2.75) is 31.8 Å². The van der Waals surface area contributed by atoms with Crippen LogP contribution >= 0.6 is 0 Å². The molecule has 19 heavy (non-hydrogen) atoms. The zero-order valence-electron chi connectivity index (χ0n) is 10.8. The number of phenols is 1. The maximum absolute atomic E-state index is 13.7. The molecule has 0 amide bonds. The monoisotopic (exact) mass is 287 g/mol. The lowest BCUT2D eigenvalue weighted by Crippen LogP contribution is -2.38. The molecule has 0 aromatic heterocycles. The van der Waals surface area contributed by atoms with E-state index in [4.69, 9.17) is 0 Å². The highest BCUT2D eigenvalue weighted by Gasteiger charge is 2.25. The van der Waals surface area contributed by atoms with Gasteiger partial charge in [0.15, 0.2) is 0 Å². The minimum absolute atomic E-state index is 0.0896. The van der Waals surface area contributed by atoms with Crippen LogP contribution in [0.15, 0.2) is 18.2 Å². The fraction of sp³-hybridized carbons (Fsp3) is 0.538. The third kappa shape index (κ3) is 3.67. The number of hydrogen-bond donors (Lipinski definition) is 2. The molecule has 1 aromatic rings. The predicted octanol–water partition coefficient (Wildman–Crippen LogP) is 1.76. The van der Waals surface area contributed by atoms with Gasteiger partial charge in [0.1, 0.15) is 21.4 Å². The fourth-order valence-corrected chi connectivity index (χ4v) is 3.86. The van der Waals surface area contributed by atoms with Gasteiger partial charge in [-0.3, -0.25) is 0 Å². The maximum atomic E-state index is 13.7. The van der Waals surface area contributed by atoms with Crippen molar-refractivity contribution in [2.75, 3.05) is 11.5 Å². The molecule has 4 nitrogen and oxygen atoms in total. The topological polar surface area (TPSA) is 66.4 Å². The number of rotatable bonds is 3. The average Bonchev–Trinajstić information content (AvgIpc) is 2.31. The highest BCUT2D eigenvalue weighted by Crippen LogP contribution is 2.23. The Hall–Kier alpha value is -1.14. The second kappa shape index (κ2) is 5.46. The number of phenolic OH excluding ortho intramolecular Hbond substituents is 1. The smallest absolute Gasteiger partial charge is 0.150 e. The molecule has 106 valence electrons. The van der Waals surface area contributed by atoms with Gasteiger partial charge in [-0.1, -0.05) is 6.07 Å². The second-order valence-corrected chi connectivity index (χ2v) is 7.32. The molecular weight excluding hydrogens is 269 g/mol. The largest absolute Gasteiger partial charge is 0.508 e. The van der Waals surface area contributed by atoms with E-state index in [2.05, 4.69) is 5.32 Å². The van der Waals surface area contributed by atoms with Crippen molar-refractivity contribution in [3.8, 4) is 5.75 Å². The van der Waals surface area contributed by atoms with Crippen LogP contribution in [0.1, 0.15) is 31.4 Å². The Morgan fingerprint density at radius 2 is 2.00 bits per heavy atom. The van der Waals surface area contributed by atoms with E-state index in [1.54, 1.807) is 6.07 Å². The van der Waals surface area contributed by atoms with Crippen molar-refractivity contribution < 1.29 is 17.9 Å². The summed E-state index contributed by atoms with van der Waals surface area (Å²) in [6.07, 6.45) is 1.12. The van der Waals surface area contributed by atoms with Crippen LogP contribution in [0.25, 0.3) is 0 Å². The predicted molar refractivity (Wildman–Crippen MR) is 71.3 cm³/mol. The number of sulfone groups is 1. The summed E-state index contributed by atoms with van der Waals surface area (Å²) >= 11 is 0. The first-order chi connectivity index (χ1) is 8.87. The molecule has 0 bridgehead atoms. The van der Waals surface area contributed by atoms with Gasteiger partial charge in [-0.05, 0) is 25.8 Å². The van der Waals surface area contributed by atoms with Gasteiger partial charge in [0, 0.05) is 23.7 Å². The molecule has 1 fully saturated rings. The Balaban J connectivity index is 2.00. The molecule has 1 aliphatic rings. The van der Waals surface area contributed by atoms with E-state index in [-0.39, 0.29) is 29.3 Å². The Kier molecular flexibility index (Phi) is 4.10. The van der Waals surface area contributed by atoms with Gasteiger partial charge in [-0.2, -0.15) is 0 Å². The van der Waals surface area contributed by atoms with Crippen molar-refractivity contribution in [3.05, 3.63) is 29.6 Å². The van der Waals surface area contributed by atoms with E-state index >= 15 is 0 Å². The summed E-state index contributed by atoms with van der Waals surface area (Å²) in [7, 11) is -2.88. The summed E-state index contributed by atoms with van der Waals surface area (Å²) in [5.41, 5.74) is 0.478. The van der Waals surface area contributed by atoms with E-state index in [1.165, 1.54) is 6.07 Å². The Morgan fingerprint density at radius 1 is 1.37 bits per heavy atom. The van der Waals surface area contributed by atoms with Gasteiger partial charge in [0.25, 0.3) is 0 Å². The normalized spacial score (nSPS) is 21.2. The average molecular weight is 287 g/mol. The van der Waals surface area contributed by atoms with Crippen molar-refractivity contribution in [3.63, 3.8) is 0 Å². The summed E-state index contributed by atoms with van der Waals surface area (Å²) < 4.78 is 36.3. The van der Waals surface area contributed by atoms with E-state index in [0.717, 1.165) is 6.07 Å². The molecule has 0 aliphatic carbocycles. The van der Waals surface area contributed by atoms with E-state index in [0.29, 0.717) is 18.4 Å². The van der Waals surface area contributed by atoms with Gasteiger partial charge in [-0.25, -0.2) is 12.8 Å². The summed E-state index contributed by atoms with van der Waals surface area (Å²) in [5, 5.41) is 12.4. The van der Waals surface area contributed by atoms with Crippen LogP contribution in [0.4, 0.5) is 4.39 Å². The Labute approximate surface area is 112 Å². The molecule has 0 spiro atoms. The van der Waals surface area contributed by atoms with Crippen molar-refractivity contribution in [2.24, 2.45) is 0 Å². The lowest BCUT2D eigenvalue weighted by molar-refractivity contribution is 0.409. The highest BCUT2D eigenvalue weighted by atomic mass is 32.2. The molecule has 0 saturated carbocycles. The van der Waals surface area contributed by atoms with Crippen LogP contribution in [-0.2, 0) is 9.84 Å². The SMILES string of the molecule is CC(NC1CCS(=O)(=O)CC1)c1ccc(O)cc1F. The molecule has 1 heterocycles. The lowest BCUT2D eigenvalue weighted by Gasteiger charge is -2.27. The third-order valence-corrected chi connectivity index (χ3v) is 5.21. The number of benzene rings is 1. The first-order valence-electron chi connectivity index (χ1n) is 6.32. The van der Waals surface area contributed by atoms with Crippen LogP contribution < -0.4 is 5.32 Å². The maximum Gasteiger partial charge on any atom is 0.150 e. The van der Waals surface area contributed by atoms with Crippen LogP contribution in [0.3, 0.4) is 0 Å². The van der Waals surface area contributed by atoms with E-state index < -0.39 is 15.7 Å². The molecular formula is C13H18FNO3S. The first-order valence-corrected chi connectivity index (χ1v) is 8.14. The molecule has 2 N–H and O–H groups in total. The molecule has 1 atom stereocenters. The third-order valence-electron chi connectivity index (χ3n) is 3.49. The van der Waals surface area contributed by atoms with Crippen LogP contribution in [-0.4, -0.2) is 31.1 Å². The zero-order chi connectivity index (χ0) is 14.0. The van der Waals surface area contributed by atoms with Crippen LogP contribution in [0.2, 0.25) is 0 Å². The molecule has 1 saturated heterocycles.